The van der Waals surface area contributed by atoms with Gasteiger partial charge in [0.25, 0.3) is 6.02 Å². The molecule has 5 rings (SSSR count). The van der Waals surface area contributed by atoms with Crippen molar-refractivity contribution in [3.8, 4) is 34.4 Å². The van der Waals surface area contributed by atoms with Gasteiger partial charge < -0.3 is 28.8 Å². The number of fused-ring (bicyclic) bond motifs is 1. The summed E-state index contributed by atoms with van der Waals surface area (Å²) in [5, 5.41) is 13.3. The number of aromatic nitrogens is 2. The van der Waals surface area contributed by atoms with Gasteiger partial charge in [0.1, 0.15) is 29.9 Å². The summed E-state index contributed by atoms with van der Waals surface area (Å²) >= 11 is 0. The second-order valence-electron chi connectivity index (χ2n) is 13.9. The fourth-order valence-corrected chi connectivity index (χ4v) is 5.71. The summed E-state index contributed by atoms with van der Waals surface area (Å²) in [6.45, 7) is 16.4. The summed E-state index contributed by atoms with van der Waals surface area (Å²) in [5.41, 5.74) is 2.21. The van der Waals surface area contributed by atoms with Crippen molar-refractivity contribution in [3.63, 3.8) is 0 Å². The quantitative estimate of drug-likeness (QED) is 0.127. The molecular formula is C35H41F2N5O4Si. The van der Waals surface area contributed by atoms with Crippen molar-refractivity contribution in [3.05, 3.63) is 66.0 Å². The van der Waals surface area contributed by atoms with E-state index in [0.717, 1.165) is 18.2 Å². The molecule has 4 aromatic rings. The van der Waals surface area contributed by atoms with E-state index in [4.69, 9.17) is 18.9 Å². The molecule has 0 radical (unpaired) electrons. The van der Waals surface area contributed by atoms with E-state index < -0.39 is 25.5 Å². The van der Waals surface area contributed by atoms with Gasteiger partial charge in [-0.25, -0.2) is 18.8 Å². The molecule has 3 heterocycles. The molecule has 0 unspecified atom stereocenters. The van der Waals surface area contributed by atoms with Crippen LogP contribution in [0.5, 0.6) is 17.2 Å². The minimum absolute atomic E-state index is 0.117. The lowest BCUT2D eigenvalue weighted by Crippen LogP contribution is -2.33. The van der Waals surface area contributed by atoms with E-state index in [9.17, 15) is 5.26 Å². The smallest absolute Gasteiger partial charge is 0.289 e. The van der Waals surface area contributed by atoms with E-state index in [-0.39, 0.29) is 35.7 Å². The number of nitrogens with one attached hydrogen (secondary N) is 1. The summed E-state index contributed by atoms with van der Waals surface area (Å²) < 4.78 is 56.3. The Labute approximate surface area is 275 Å². The van der Waals surface area contributed by atoms with E-state index in [0.29, 0.717) is 53.2 Å². The maximum atomic E-state index is 15.5. The second kappa shape index (κ2) is 13.7. The van der Waals surface area contributed by atoms with Gasteiger partial charge in [-0.15, -0.1) is 0 Å². The molecule has 0 saturated carbocycles. The molecule has 47 heavy (non-hydrogen) atoms. The predicted molar refractivity (Wildman–Crippen MR) is 182 cm³/mol. The van der Waals surface area contributed by atoms with Crippen LogP contribution in [0.25, 0.3) is 22.2 Å². The molecule has 248 valence electrons. The first kappa shape index (κ1) is 33.9. The second-order valence-corrected chi connectivity index (χ2v) is 19.5. The normalized spacial score (nSPS) is 14.4. The summed E-state index contributed by atoms with van der Waals surface area (Å²) in [4.78, 5) is 8.92. The Bertz CT molecular complexity index is 1820. The highest BCUT2D eigenvalue weighted by Crippen LogP contribution is 2.41. The van der Waals surface area contributed by atoms with Crippen LogP contribution in [0.1, 0.15) is 33.3 Å². The Balaban J connectivity index is 1.52. The topological polar surface area (TPSA) is 103 Å². The minimum atomic E-state index is -1.31. The number of nitrogens with zero attached hydrogens (tertiary/aromatic N) is 4. The number of hydrogen-bond acceptors (Lipinski definition) is 8. The molecule has 9 nitrogen and oxygen atoms in total. The minimum Gasteiger partial charge on any atom is -0.490 e. The van der Waals surface area contributed by atoms with Crippen molar-refractivity contribution in [2.45, 2.75) is 66.2 Å². The van der Waals surface area contributed by atoms with Crippen LogP contribution in [0.3, 0.4) is 0 Å². The maximum Gasteiger partial charge on any atom is 0.289 e. The molecule has 0 atom stereocenters. The van der Waals surface area contributed by atoms with Crippen LogP contribution >= 0.6 is 0 Å². The highest BCUT2D eigenvalue weighted by Gasteiger charge is 2.25. The number of rotatable bonds is 11. The third-order valence-corrected chi connectivity index (χ3v) is 9.14. The average molecular weight is 662 g/mol. The molecule has 1 N–H and O–H groups in total. The number of pyridine rings is 1. The zero-order valence-corrected chi connectivity index (χ0v) is 28.9. The SMILES string of the molecule is CC(C)Oc1ccc(-c2cn(COCC[Si](C)(C)C)c3nccc(Oc4c(F)cc(NC5=NCC(C)(C)CO5)cc4F)c23)cc1C#N. The van der Waals surface area contributed by atoms with Gasteiger partial charge in [0.15, 0.2) is 17.4 Å². The molecule has 2 aromatic heterocycles. The van der Waals surface area contributed by atoms with Gasteiger partial charge in [-0.2, -0.15) is 5.26 Å². The van der Waals surface area contributed by atoms with Crippen LogP contribution in [-0.2, 0) is 16.2 Å². The number of hydrogen-bond donors (Lipinski definition) is 1. The van der Waals surface area contributed by atoms with Crippen LogP contribution in [0.2, 0.25) is 25.7 Å². The number of halogens is 2. The Kier molecular flexibility index (Phi) is 9.88. The molecule has 0 saturated heterocycles. The van der Waals surface area contributed by atoms with E-state index in [2.05, 4.69) is 41.0 Å². The third-order valence-electron chi connectivity index (χ3n) is 7.43. The first-order valence-electron chi connectivity index (χ1n) is 15.6. The van der Waals surface area contributed by atoms with Crippen molar-refractivity contribution < 1.29 is 27.7 Å². The largest absolute Gasteiger partial charge is 0.490 e. The fourth-order valence-electron chi connectivity index (χ4n) is 4.95. The van der Waals surface area contributed by atoms with Gasteiger partial charge in [0.05, 0.1) is 30.2 Å². The first-order valence-corrected chi connectivity index (χ1v) is 19.3. The van der Waals surface area contributed by atoms with E-state index >= 15 is 8.78 Å². The monoisotopic (exact) mass is 661 g/mol. The van der Waals surface area contributed by atoms with Gasteiger partial charge in [0.2, 0.25) is 0 Å². The van der Waals surface area contributed by atoms with Gasteiger partial charge in [-0.3, -0.25) is 0 Å². The van der Waals surface area contributed by atoms with E-state index in [1.807, 2.05) is 44.5 Å². The van der Waals surface area contributed by atoms with Crippen molar-refractivity contribution in [2.75, 3.05) is 25.1 Å². The summed E-state index contributed by atoms with van der Waals surface area (Å²) in [6, 6.07) is 12.5. The molecule has 0 fully saturated rings. The fraction of sp³-hybridized carbons (Fsp3) is 0.400. The number of aliphatic imine (C=N–C) groups is 1. The number of anilines is 1. The lowest BCUT2D eigenvalue weighted by molar-refractivity contribution is 0.0899. The zero-order valence-electron chi connectivity index (χ0n) is 27.9. The molecule has 12 heteroatoms. The van der Waals surface area contributed by atoms with Crippen molar-refractivity contribution >= 4 is 30.8 Å². The van der Waals surface area contributed by atoms with Crippen LogP contribution in [0, 0.1) is 28.4 Å². The molecule has 0 spiro atoms. The zero-order chi connectivity index (χ0) is 33.9. The Morgan fingerprint density at radius 1 is 1.11 bits per heavy atom. The molecule has 0 amide bonds. The first-order chi connectivity index (χ1) is 22.2. The van der Waals surface area contributed by atoms with Gasteiger partial charge in [-0.05, 0) is 43.7 Å². The summed E-state index contributed by atoms with van der Waals surface area (Å²) in [6.07, 6.45) is 3.25. The van der Waals surface area contributed by atoms with Crippen LogP contribution in [0.4, 0.5) is 14.5 Å². The number of ether oxygens (including phenoxy) is 4. The van der Waals surface area contributed by atoms with Crippen molar-refractivity contribution in [1.29, 1.82) is 5.26 Å². The summed E-state index contributed by atoms with van der Waals surface area (Å²) in [7, 11) is -1.31. The third kappa shape index (κ3) is 8.28. The Morgan fingerprint density at radius 3 is 2.49 bits per heavy atom. The Hall–Kier alpha value is -4.47. The van der Waals surface area contributed by atoms with E-state index in [1.54, 1.807) is 18.2 Å². The van der Waals surface area contributed by atoms with Crippen LogP contribution in [0.15, 0.2) is 53.8 Å². The Morgan fingerprint density at radius 2 is 1.85 bits per heavy atom. The summed E-state index contributed by atoms with van der Waals surface area (Å²) in [5.74, 6) is -1.74. The average Bonchev–Trinajstić information content (AvgIpc) is 3.37. The van der Waals surface area contributed by atoms with Gasteiger partial charge in [-0.1, -0.05) is 39.6 Å². The lowest BCUT2D eigenvalue weighted by Gasteiger charge is -2.28. The molecule has 1 aliphatic heterocycles. The predicted octanol–water partition coefficient (Wildman–Crippen LogP) is 8.57. The van der Waals surface area contributed by atoms with Gasteiger partial charge >= 0.3 is 0 Å². The van der Waals surface area contributed by atoms with Crippen molar-refractivity contribution in [1.82, 2.24) is 9.55 Å². The van der Waals surface area contributed by atoms with Gasteiger partial charge in [0, 0.05) is 55.9 Å². The highest BCUT2D eigenvalue weighted by molar-refractivity contribution is 6.76. The molecule has 2 aromatic carbocycles. The molecule has 0 aliphatic carbocycles. The molecule has 0 bridgehead atoms. The molecular weight excluding hydrogens is 620 g/mol. The lowest BCUT2D eigenvalue weighted by atomic mass is 9.95. The van der Waals surface area contributed by atoms with Crippen LogP contribution in [-0.4, -0.2) is 49.5 Å². The number of amidine groups is 1. The maximum absolute atomic E-state index is 15.5. The number of benzene rings is 2. The standard InChI is InChI=1S/C35H41F2N5O4Si/c1-22(2)45-29-9-8-23(14-24(29)17-38)26-18-42(21-43-12-13-47(5,6)7)33-31(26)30(10-11-39-33)46-32-27(36)15-25(16-28(32)37)41-34-40-19-35(3,4)20-44-34/h8-11,14-16,18,22H,12-13,19-21H2,1-7H3,(H,40,41). The van der Waals surface area contributed by atoms with E-state index in [1.165, 1.54) is 6.20 Å². The van der Waals surface area contributed by atoms with Crippen molar-refractivity contribution in [2.24, 2.45) is 10.4 Å². The van der Waals surface area contributed by atoms with Crippen LogP contribution < -0.4 is 14.8 Å². The number of nitriles is 1. The molecule has 1 aliphatic rings. The highest BCUT2D eigenvalue weighted by atomic mass is 28.3.